The minimum Gasteiger partial charge on any atom is -0.357 e. The van der Waals surface area contributed by atoms with Crippen molar-refractivity contribution in [3.63, 3.8) is 0 Å². The number of thioether (sulfide) groups is 1. The van der Waals surface area contributed by atoms with Crippen LogP contribution in [0.4, 0.5) is 9.52 Å². The molecule has 1 N–H and O–H groups in total. The number of nitrogens with one attached hydrogen (secondary N) is 1. The smallest absolute Gasteiger partial charge is 0.237 e. The highest BCUT2D eigenvalue weighted by atomic mass is 32.2. The molecule has 0 spiro atoms. The summed E-state index contributed by atoms with van der Waals surface area (Å²) in [4.78, 5) is 4.29. The zero-order valence-electron chi connectivity index (χ0n) is 12.8. The van der Waals surface area contributed by atoms with Gasteiger partial charge in [-0.3, -0.25) is 0 Å². The van der Waals surface area contributed by atoms with Crippen LogP contribution >= 0.6 is 23.1 Å². The molecule has 0 saturated heterocycles. The van der Waals surface area contributed by atoms with Gasteiger partial charge in [0.25, 0.3) is 0 Å². The van der Waals surface area contributed by atoms with E-state index in [0.29, 0.717) is 35.1 Å². The Bertz CT molecular complexity index is 848. The van der Waals surface area contributed by atoms with Gasteiger partial charge >= 0.3 is 0 Å². The number of hydrogen-bond donors (Lipinski definition) is 1. The van der Waals surface area contributed by atoms with Gasteiger partial charge in [0, 0.05) is 12.1 Å². The van der Waals surface area contributed by atoms with Gasteiger partial charge in [-0.25, -0.2) is 4.39 Å². The molecule has 0 aliphatic rings. The van der Waals surface area contributed by atoms with E-state index in [1.165, 1.54) is 29.2 Å². The molecule has 0 bridgehead atoms. The van der Waals surface area contributed by atoms with Crippen molar-refractivity contribution in [2.24, 2.45) is 0 Å². The van der Waals surface area contributed by atoms with E-state index in [-0.39, 0.29) is 5.82 Å². The van der Waals surface area contributed by atoms with Crippen LogP contribution in [0.2, 0.25) is 0 Å². The largest absolute Gasteiger partial charge is 0.357 e. The second-order valence-corrected chi connectivity index (χ2v) is 7.01. The van der Waals surface area contributed by atoms with Crippen molar-refractivity contribution in [1.29, 1.82) is 0 Å². The van der Waals surface area contributed by atoms with Gasteiger partial charge in [0.1, 0.15) is 5.82 Å². The molecule has 2 heterocycles. The summed E-state index contributed by atoms with van der Waals surface area (Å²) in [7, 11) is 0. The van der Waals surface area contributed by atoms with E-state index in [4.69, 9.17) is 4.52 Å². The first-order valence-corrected chi connectivity index (χ1v) is 8.86. The number of rotatable bonds is 7. The van der Waals surface area contributed by atoms with Crippen LogP contribution in [0.1, 0.15) is 11.5 Å². The van der Waals surface area contributed by atoms with Gasteiger partial charge in [0.15, 0.2) is 4.34 Å². The Morgan fingerprint density at radius 3 is 3.08 bits per heavy atom. The highest BCUT2D eigenvalue weighted by Gasteiger charge is 2.12. The third-order valence-electron chi connectivity index (χ3n) is 3.02. The Morgan fingerprint density at radius 2 is 2.29 bits per heavy atom. The monoisotopic (exact) mass is 363 g/mol. The van der Waals surface area contributed by atoms with Gasteiger partial charge in [0.2, 0.25) is 16.8 Å². The summed E-state index contributed by atoms with van der Waals surface area (Å²) in [6.45, 7) is 5.98. The van der Waals surface area contributed by atoms with Gasteiger partial charge in [-0.1, -0.05) is 46.5 Å². The zero-order chi connectivity index (χ0) is 16.9. The molecular weight excluding hydrogens is 349 g/mol. The molecule has 0 fully saturated rings. The van der Waals surface area contributed by atoms with E-state index in [2.05, 4.69) is 32.2 Å². The van der Waals surface area contributed by atoms with Crippen LogP contribution in [0, 0.1) is 12.7 Å². The van der Waals surface area contributed by atoms with E-state index in [1.807, 2.05) is 0 Å². The number of hydrogen-bond acceptors (Lipinski definition) is 8. The third kappa shape index (κ3) is 3.98. The average Bonchev–Trinajstić information content (AvgIpc) is 3.22. The summed E-state index contributed by atoms with van der Waals surface area (Å²) in [5, 5.41) is 15.8. The molecule has 124 valence electrons. The first-order chi connectivity index (χ1) is 11.7. The maximum atomic E-state index is 13.6. The number of nitrogens with zero attached hydrogens (tertiary/aromatic N) is 4. The van der Waals surface area contributed by atoms with Crippen molar-refractivity contribution < 1.29 is 8.91 Å². The Kier molecular flexibility index (Phi) is 5.21. The summed E-state index contributed by atoms with van der Waals surface area (Å²) in [5.41, 5.74) is 1.17. The quantitative estimate of drug-likeness (QED) is 0.503. The topological polar surface area (TPSA) is 76.7 Å². The summed E-state index contributed by atoms with van der Waals surface area (Å²) in [6.07, 6.45) is 1.75. The molecule has 0 amide bonds. The fourth-order valence-electron chi connectivity index (χ4n) is 1.79. The van der Waals surface area contributed by atoms with Crippen molar-refractivity contribution in [3.8, 4) is 11.4 Å². The van der Waals surface area contributed by atoms with Crippen molar-refractivity contribution in [2.75, 3.05) is 11.9 Å². The molecule has 0 saturated carbocycles. The normalized spacial score (nSPS) is 10.8. The lowest BCUT2D eigenvalue weighted by molar-refractivity contribution is 0.391. The van der Waals surface area contributed by atoms with Crippen LogP contribution in [0.15, 0.2) is 39.7 Å². The highest BCUT2D eigenvalue weighted by molar-refractivity contribution is 8.00. The number of aryl methyl sites for hydroxylation is 1. The Balaban J connectivity index is 1.62. The van der Waals surface area contributed by atoms with Crippen LogP contribution in [-0.2, 0) is 5.75 Å². The molecule has 3 rings (SSSR count). The van der Waals surface area contributed by atoms with Gasteiger partial charge in [0.05, 0.1) is 5.75 Å². The van der Waals surface area contributed by atoms with Crippen LogP contribution < -0.4 is 5.32 Å². The van der Waals surface area contributed by atoms with Crippen LogP contribution in [0.25, 0.3) is 11.4 Å². The second kappa shape index (κ2) is 7.54. The lowest BCUT2D eigenvalue weighted by Gasteiger charge is -1.97. The molecule has 2 aromatic heterocycles. The lowest BCUT2D eigenvalue weighted by atomic mass is 10.1. The van der Waals surface area contributed by atoms with Crippen LogP contribution in [-0.4, -0.2) is 26.9 Å². The van der Waals surface area contributed by atoms with Crippen LogP contribution in [0.3, 0.4) is 0 Å². The number of anilines is 1. The molecule has 0 aliphatic carbocycles. The molecule has 9 heteroatoms. The predicted molar refractivity (Wildman–Crippen MR) is 92.6 cm³/mol. The van der Waals surface area contributed by atoms with Crippen molar-refractivity contribution >= 4 is 28.2 Å². The number of halogens is 1. The highest BCUT2D eigenvalue weighted by Crippen LogP contribution is 2.28. The maximum Gasteiger partial charge on any atom is 0.237 e. The van der Waals surface area contributed by atoms with E-state index < -0.39 is 0 Å². The van der Waals surface area contributed by atoms with Crippen molar-refractivity contribution in [2.45, 2.75) is 17.0 Å². The lowest BCUT2D eigenvalue weighted by Crippen LogP contribution is -1.96. The molecule has 6 nitrogen and oxygen atoms in total. The van der Waals surface area contributed by atoms with Crippen LogP contribution in [0.5, 0.6) is 0 Å². The second-order valence-electron chi connectivity index (χ2n) is 4.81. The molecule has 0 unspecified atom stereocenters. The van der Waals surface area contributed by atoms with Crippen molar-refractivity contribution in [3.05, 3.63) is 48.1 Å². The first-order valence-electron chi connectivity index (χ1n) is 7.06. The van der Waals surface area contributed by atoms with Gasteiger partial charge in [-0.05, 0) is 18.6 Å². The number of benzene rings is 1. The SMILES string of the molecule is C=CCNc1nnc(SCc2nc(-c3ccc(C)c(F)c3)no2)s1. The Labute approximate surface area is 146 Å². The minimum atomic E-state index is -0.290. The summed E-state index contributed by atoms with van der Waals surface area (Å²) in [5.74, 6) is 1.00. The van der Waals surface area contributed by atoms with Gasteiger partial charge in [-0.2, -0.15) is 4.98 Å². The standard InChI is InChI=1S/C15H14FN5OS2/c1-3-6-17-14-19-20-15(24-14)23-8-12-18-13(21-22-12)10-5-4-9(2)11(16)7-10/h3-5,7H,1,6,8H2,2H3,(H,17,19). The molecule has 1 aromatic carbocycles. The van der Waals surface area contributed by atoms with Gasteiger partial charge in [-0.15, -0.1) is 16.8 Å². The Morgan fingerprint density at radius 1 is 1.42 bits per heavy atom. The number of aromatic nitrogens is 4. The predicted octanol–water partition coefficient (Wildman–Crippen LogP) is 3.93. The molecule has 0 atom stereocenters. The average molecular weight is 363 g/mol. The Hall–Kier alpha value is -2.26. The van der Waals surface area contributed by atoms with Crippen molar-refractivity contribution in [1.82, 2.24) is 20.3 Å². The summed E-state index contributed by atoms with van der Waals surface area (Å²) in [6, 6.07) is 4.86. The minimum absolute atomic E-state index is 0.290. The van der Waals surface area contributed by atoms with E-state index in [1.54, 1.807) is 25.1 Å². The molecule has 24 heavy (non-hydrogen) atoms. The van der Waals surface area contributed by atoms with E-state index >= 15 is 0 Å². The fraction of sp³-hybridized carbons (Fsp3) is 0.200. The fourth-order valence-corrected chi connectivity index (χ4v) is 3.38. The molecule has 0 radical (unpaired) electrons. The zero-order valence-corrected chi connectivity index (χ0v) is 14.5. The summed E-state index contributed by atoms with van der Waals surface area (Å²) >= 11 is 2.89. The van der Waals surface area contributed by atoms with E-state index in [0.717, 1.165) is 9.47 Å². The van der Waals surface area contributed by atoms with Gasteiger partial charge < -0.3 is 9.84 Å². The molecule has 0 aliphatic heterocycles. The third-order valence-corrected chi connectivity index (χ3v) is 5.02. The van der Waals surface area contributed by atoms with E-state index in [9.17, 15) is 4.39 Å². The molecule has 3 aromatic rings. The first kappa shape index (κ1) is 16.6. The maximum absolute atomic E-state index is 13.6. The molecular formula is C15H14FN5OS2. The summed E-state index contributed by atoms with van der Waals surface area (Å²) < 4.78 is 19.6.